The predicted octanol–water partition coefficient (Wildman–Crippen LogP) is 1.89. The molecule has 0 unspecified atom stereocenters. The Labute approximate surface area is 145 Å². The number of carbonyl (C=O) groups excluding carboxylic acids is 2. The summed E-state index contributed by atoms with van der Waals surface area (Å²) in [6.07, 6.45) is 2.91. The fourth-order valence-corrected chi connectivity index (χ4v) is 2.83. The fraction of sp³-hybridized carbons (Fsp3) is 0.333. The highest BCUT2D eigenvalue weighted by Crippen LogP contribution is 2.25. The second-order valence-corrected chi connectivity index (χ2v) is 5.66. The molecular weight excluding hydrogens is 324 g/mol. The number of rotatable bonds is 4. The van der Waals surface area contributed by atoms with Gasteiger partial charge in [-0.05, 0) is 24.3 Å². The van der Waals surface area contributed by atoms with Crippen LogP contribution >= 0.6 is 0 Å². The number of piperazine rings is 1. The minimum absolute atomic E-state index is 0.0835. The number of furan rings is 1. The molecule has 25 heavy (non-hydrogen) atoms. The molecule has 1 aliphatic heterocycles. The Morgan fingerprint density at radius 3 is 2.20 bits per heavy atom. The molecule has 0 saturated carbocycles. The first-order valence-electron chi connectivity index (χ1n) is 7.97. The molecule has 1 fully saturated rings. The summed E-state index contributed by atoms with van der Waals surface area (Å²) in [6.45, 7) is 1.87. The summed E-state index contributed by atoms with van der Waals surface area (Å²) in [5.41, 5.74) is 0.978. The second-order valence-electron chi connectivity index (χ2n) is 5.66. The first-order chi connectivity index (χ1) is 12.1. The lowest BCUT2D eigenvalue weighted by Gasteiger charge is -2.34. The van der Waals surface area contributed by atoms with Crippen molar-refractivity contribution in [3.05, 3.63) is 47.9 Å². The number of benzene rings is 1. The van der Waals surface area contributed by atoms with Crippen molar-refractivity contribution in [1.82, 2.24) is 9.80 Å². The van der Waals surface area contributed by atoms with Crippen molar-refractivity contribution < 1.29 is 23.5 Å². The van der Waals surface area contributed by atoms with Crippen LogP contribution < -0.4 is 9.47 Å². The van der Waals surface area contributed by atoms with Crippen LogP contribution in [0.5, 0.6) is 11.5 Å². The smallest absolute Gasteiger partial charge is 0.257 e. The third-order valence-corrected chi connectivity index (χ3v) is 4.26. The molecular formula is C18H20N2O5. The zero-order chi connectivity index (χ0) is 17.8. The third-order valence-electron chi connectivity index (χ3n) is 4.26. The van der Waals surface area contributed by atoms with Gasteiger partial charge in [-0.1, -0.05) is 0 Å². The number of nitrogens with zero attached hydrogens (tertiary/aromatic N) is 2. The van der Waals surface area contributed by atoms with Crippen molar-refractivity contribution in [2.75, 3.05) is 40.4 Å². The average molecular weight is 344 g/mol. The number of ether oxygens (including phenoxy) is 2. The Morgan fingerprint density at radius 1 is 0.960 bits per heavy atom. The molecule has 0 bridgehead atoms. The lowest BCUT2D eigenvalue weighted by atomic mass is 10.1. The lowest BCUT2D eigenvalue weighted by molar-refractivity contribution is 0.0533. The van der Waals surface area contributed by atoms with Crippen LogP contribution in [-0.4, -0.2) is 62.0 Å². The summed E-state index contributed by atoms with van der Waals surface area (Å²) < 4.78 is 15.4. The summed E-state index contributed by atoms with van der Waals surface area (Å²) in [5, 5.41) is 0. The normalized spacial score (nSPS) is 14.3. The number of amides is 2. The maximum atomic E-state index is 12.8. The predicted molar refractivity (Wildman–Crippen MR) is 90.1 cm³/mol. The number of carbonyl (C=O) groups is 2. The summed E-state index contributed by atoms with van der Waals surface area (Å²) in [4.78, 5) is 28.6. The molecule has 1 aliphatic rings. The van der Waals surface area contributed by atoms with Crippen molar-refractivity contribution in [2.45, 2.75) is 0 Å². The van der Waals surface area contributed by atoms with Gasteiger partial charge in [0.15, 0.2) is 0 Å². The van der Waals surface area contributed by atoms with E-state index in [1.165, 1.54) is 19.6 Å². The van der Waals surface area contributed by atoms with Gasteiger partial charge in [0.25, 0.3) is 11.8 Å². The molecule has 2 amide bonds. The summed E-state index contributed by atoms with van der Waals surface area (Å²) in [7, 11) is 3.08. The molecule has 132 valence electrons. The van der Waals surface area contributed by atoms with Crippen LogP contribution in [0.15, 0.2) is 41.2 Å². The molecule has 0 radical (unpaired) electrons. The van der Waals surface area contributed by atoms with Crippen molar-refractivity contribution in [1.29, 1.82) is 0 Å². The standard InChI is InChI=1S/C18H20N2O5/c1-23-14-3-4-16(24-2)15(11-14)18(22)20-8-6-19(7-9-20)17(21)13-5-10-25-12-13/h3-5,10-12H,6-9H2,1-2H3. The van der Waals surface area contributed by atoms with E-state index < -0.39 is 0 Å². The van der Waals surface area contributed by atoms with E-state index in [1.807, 2.05) is 0 Å². The van der Waals surface area contributed by atoms with E-state index in [0.29, 0.717) is 48.8 Å². The maximum absolute atomic E-state index is 12.8. The highest BCUT2D eigenvalue weighted by Gasteiger charge is 2.27. The SMILES string of the molecule is COc1ccc(OC)c(C(=O)N2CCN(C(=O)c3ccoc3)CC2)c1. The Hall–Kier alpha value is -2.96. The van der Waals surface area contributed by atoms with Crippen LogP contribution in [0.1, 0.15) is 20.7 Å². The molecule has 0 atom stereocenters. The molecule has 1 saturated heterocycles. The van der Waals surface area contributed by atoms with Crippen LogP contribution in [-0.2, 0) is 0 Å². The van der Waals surface area contributed by atoms with Crippen molar-refractivity contribution >= 4 is 11.8 Å². The molecule has 7 nitrogen and oxygen atoms in total. The summed E-state index contributed by atoms with van der Waals surface area (Å²) in [6, 6.07) is 6.77. The Kier molecular flexibility index (Phi) is 4.92. The highest BCUT2D eigenvalue weighted by atomic mass is 16.5. The first-order valence-corrected chi connectivity index (χ1v) is 7.97. The van der Waals surface area contributed by atoms with Crippen LogP contribution in [0.2, 0.25) is 0 Å². The van der Waals surface area contributed by atoms with E-state index in [-0.39, 0.29) is 11.8 Å². The van der Waals surface area contributed by atoms with Gasteiger partial charge < -0.3 is 23.7 Å². The maximum Gasteiger partial charge on any atom is 0.257 e. The topological polar surface area (TPSA) is 72.2 Å². The quantitative estimate of drug-likeness (QED) is 0.847. The molecule has 1 aromatic heterocycles. The number of hydrogen-bond acceptors (Lipinski definition) is 5. The fourth-order valence-electron chi connectivity index (χ4n) is 2.83. The zero-order valence-corrected chi connectivity index (χ0v) is 14.2. The van der Waals surface area contributed by atoms with Crippen LogP contribution in [0, 0.1) is 0 Å². The third kappa shape index (κ3) is 3.45. The van der Waals surface area contributed by atoms with Gasteiger partial charge in [-0.25, -0.2) is 0 Å². The van der Waals surface area contributed by atoms with E-state index in [9.17, 15) is 9.59 Å². The molecule has 0 spiro atoms. The first kappa shape index (κ1) is 16.9. The van der Waals surface area contributed by atoms with E-state index in [4.69, 9.17) is 13.9 Å². The molecule has 1 aromatic carbocycles. The average Bonchev–Trinajstić information content (AvgIpc) is 3.21. The highest BCUT2D eigenvalue weighted by molar-refractivity contribution is 5.98. The molecule has 2 heterocycles. The van der Waals surface area contributed by atoms with Gasteiger partial charge in [0.1, 0.15) is 17.8 Å². The van der Waals surface area contributed by atoms with E-state index >= 15 is 0 Å². The van der Waals surface area contributed by atoms with Gasteiger partial charge in [-0.3, -0.25) is 9.59 Å². The number of hydrogen-bond donors (Lipinski definition) is 0. The lowest BCUT2D eigenvalue weighted by Crippen LogP contribution is -2.50. The van der Waals surface area contributed by atoms with E-state index in [0.717, 1.165) is 0 Å². The van der Waals surface area contributed by atoms with Gasteiger partial charge >= 0.3 is 0 Å². The molecule has 7 heteroatoms. The van der Waals surface area contributed by atoms with Gasteiger partial charge in [-0.2, -0.15) is 0 Å². The Morgan fingerprint density at radius 2 is 1.64 bits per heavy atom. The zero-order valence-electron chi connectivity index (χ0n) is 14.2. The second kappa shape index (κ2) is 7.29. The molecule has 0 N–H and O–H groups in total. The van der Waals surface area contributed by atoms with Crippen molar-refractivity contribution in [2.24, 2.45) is 0 Å². The molecule has 0 aliphatic carbocycles. The Balaban J connectivity index is 1.68. The molecule has 3 rings (SSSR count). The summed E-state index contributed by atoms with van der Waals surface area (Å²) in [5.74, 6) is 0.881. The monoisotopic (exact) mass is 344 g/mol. The molecule has 2 aromatic rings. The van der Waals surface area contributed by atoms with E-state index in [1.54, 1.807) is 41.2 Å². The minimum atomic E-state index is -0.133. The van der Waals surface area contributed by atoms with Crippen molar-refractivity contribution in [3.63, 3.8) is 0 Å². The Bertz CT molecular complexity index is 749. The van der Waals surface area contributed by atoms with Crippen LogP contribution in [0.3, 0.4) is 0 Å². The van der Waals surface area contributed by atoms with E-state index in [2.05, 4.69) is 0 Å². The van der Waals surface area contributed by atoms with Crippen LogP contribution in [0.25, 0.3) is 0 Å². The van der Waals surface area contributed by atoms with Gasteiger partial charge in [-0.15, -0.1) is 0 Å². The van der Waals surface area contributed by atoms with Gasteiger partial charge in [0, 0.05) is 26.2 Å². The van der Waals surface area contributed by atoms with Gasteiger partial charge in [0.2, 0.25) is 0 Å². The minimum Gasteiger partial charge on any atom is -0.497 e. The van der Waals surface area contributed by atoms with Crippen molar-refractivity contribution in [3.8, 4) is 11.5 Å². The number of methoxy groups -OCH3 is 2. The largest absolute Gasteiger partial charge is 0.497 e. The van der Waals surface area contributed by atoms with Gasteiger partial charge in [0.05, 0.1) is 31.6 Å². The van der Waals surface area contributed by atoms with Crippen LogP contribution in [0.4, 0.5) is 0 Å². The summed E-state index contributed by atoms with van der Waals surface area (Å²) >= 11 is 0.